The normalized spacial score (nSPS) is 14.5. The van der Waals surface area contributed by atoms with Gasteiger partial charge in [-0.2, -0.15) is 0 Å². The van der Waals surface area contributed by atoms with Gasteiger partial charge >= 0.3 is 5.97 Å². The van der Waals surface area contributed by atoms with Crippen molar-refractivity contribution in [2.45, 2.75) is 91.6 Å². The van der Waals surface area contributed by atoms with Crippen LogP contribution in [0.3, 0.4) is 0 Å². The first-order valence-electron chi connectivity index (χ1n) is 11.2. The summed E-state index contributed by atoms with van der Waals surface area (Å²) in [5.41, 5.74) is 4.23. The van der Waals surface area contributed by atoms with Gasteiger partial charge in [0.2, 0.25) is 0 Å². The second-order valence-electron chi connectivity index (χ2n) is 10.1. The highest BCUT2D eigenvalue weighted by Crippen LogP contribution is 2.38. The molecular formula is C24H39N3O3Si. The zero-order valence-corrected chi connectivity index (χ0v) is 21.4. The Balaban J connectivity index is 2.32. The van der Waals surface area contributed by atoms with Crippen molar-refractivity contribution in [2.75, 3.05) is 0 Å². The van der Waals surface area contributed by atoms with Crippen LogP contribution in [0, 0.1) is 12.8 Å². The first kappa shape index (κ1) is 25.3. The van der Waals surface area contributed by atoms with Crippen LogP contribution in [0.25, 0.3) is 0 Å². The monoisotopic (exact) mass is 445 g/mol. The standard InChI is InChI=1S/C24H39N3O3Si/c1-9-27-15-20(25-26-27)11-13-21(18(3)23(28)29)22-12-10-17(2)14-19(22)16-30-31(7,8)24(4,5)6/h10,12,14-15,18,21H,9,11,13,16H2,1-8H3,(H,28,29). The van der Waals surface area contributed by atoms with Crippen molar-refractivity contribution < 1.29 is 14.3 Å². The summed E-state index contributed by atoms with van der Waals surface area (Å²) in [6.45, 7) is 18.4. The zero-order chi connectivity index (χ0) is 23.4. The third-order valence-corrected chi connectivity index (χ3v) is 11.2. The summed E-state index contributed by atoms with van der Waals surface area (Å²) in [7, 11) is -1.92. The van der Waals surface area contributed by atoms with Crippen molar-refractivity contribution in [2.24, 2.45) is 5.92 Å². The number of aromatic nitrogens is 3. The molecule has 0 aliphatic rings. The van der Waals surface area contributed by atoms with Crippen LogP contribution in [0.15, 0.2) is 24.4 Å². The van der Waals surface area contributed by atoms with Crippen molar-refractivity contribution in [3.8, 4) is 0 Å². The van der Waals surface area contributed by atoms with Gasteiger partial charge in [0, 0.05) is 12.7 Å². The molecule has 0 bridgehead atoms. The molecule has 6 nitrogen and oxygen atoms in total. The van der Waals surface area contributed by atoms with E-state index >= 15 is 0 Å². The van der Waals surface area contributed by atoms with Gasteiger partial charge in [0.05, 0.1) is 18.2 Å². The maximum atomic E-state index is 11.9. The van der Waals surface area contributed by atoms with Crippen molar-refractivity contribution in [1.29, 1.82) is 0 Å². The van der Waals surface area contributed by atoms with E-state index in [0.717, 1.165) is 28.9 Å². The van der Waals surface area contributed by atoms with Crippen LogP contribution in [-0.2, 0) is 28.8 Å². The fourth-order valence-corrected chi connectivity index (χ4v) is 4.40. The number of nitrogens with zero attached hydrogens (tertiary/aromatic N) is 3. The molecule has 0 aliphatic carbocycles. The number of carboxylic acid groups (broad SMARTS) is 1. The van der Waals surface area contributed by atoms with Crippen LogP contribution in [0.4, 0.5) is 0 Å². The van der Waals surface area contributed by atoms with E-state index in [4.69, 9.17) is 4.43 Å². The Morgan fingerprint density at radius 1 is 1.29 bits per heavy atom. The minimum absolute atomic E-state index is 0.121. The van der Waals surface area contributed by atoms with Crippen LogP contribution >= 0.6 is 0 Å². The highest BCUT2D eigenvalue weighted by Gasteiger charge is 2.37. The summed E-state index contributed by atoms with van der Waals surface area (Å²) >= 11 is 0. The topological polar surface area (TPSA) is 77.2 Å². The number of benzene rings is 1. The summed E-state index contributed by atoms with van der Waals surface area (Å²) in [4.78, 5) is 11.9. The van der Waals surface area contributed by atoms with Crippen LogP contribution in [0.2, 0.25) is 18.1 Å². The predicted octanol–water partition coefficient (Wildman–Crippen LogP) is 5.57. The second-order valence-corrected chi connectivity index (χ2v) is 14.9. The van der Waals surface area contributed by atoms with Crippen molar-refractivity contribution in [1.82, 2.24) is 15.0 Å². The first-order valence-corrected chi connectivity index (χ1v) is 14.1. The Kier molecular flexibility index (Phi) is 8.22. The molecule has 7 heteroatoms. The van der Waals surface area contributed by atoms with Crippen LogP contribution in [0.5, 0.6) is 0 Å². The molecule has 0 saturated carbocycles. The van der Waals surface area contributed by atoms with Crippen LogP contribution in [-0.4, -0.2) is 34.4 Å². The molecule has 1 aromatic carbocycles. The molecule has 2 rings (SSSR count). The smallest absolute Gasteiger partial charge is 0.306 e. The number of hydrogen-bond acceptors (Lipinski definition) is 4. The zero-order valence-electron chi connectivity index (χ0n) is 20.4. The lowest BCUT2D eigenvalue weighted by Crippen LogP contribution is -2.40. The van der Waals surface area contributed by atoms with E-state index in [0.29, 0.717) is 19.4 Å². The second kappa shape index (κ2) is 10.1. The molecule has 2 aromatic rings. The van der Waals surface area contributed by atoms with E-state index in [-0.39, 0.29) is 11.0 Å². The SMILES string of the molecule is CCn1cc(CCC(c2ccc(C)cc2CO[Si](C)(C)C(C)(C)C)C(C)C(=O)O)nn1. The Bertz CT molecular complexity index is 886. The highest BCUT2D eigenvalue weighted by molar-refractivity contribution is 6.74. The number of carboxylic acids is 1. The van der Waals surface area contributed by atoms with E-state index in [1.807, 2.05) is 13.1 Å². The van der Waals surface area contributed by atoms with Crippen molar-refractivity contribution in [3.05, 3.63) is 46.8 Å². The van der Waals surface area contributed by atoms with Crippen LogP contribution in [0.1, 0.15) is 69.3 Å². The fourth-order valence-electron chi connectivity index (χ4n) is 3.45. The number of rotatable bonds is 10. The van der Waals surface area contributed by atoms with Crippen molar-refractivity contribution >= 4 is 14.3 Å². The minimum Gasteiger partial charge on any atom is -0.481 e. The van der Waals surface area contributed by atoms with Gasteiger partial charge in [-0.1, -0.05) is 56.7 Å². The van der Waals surface area contributed by atoms with Gasteiger partial charge in [-0.15, -0.1) is 5.10 Å². The van der Waals surface area contributed by atoms with E-state index in [1.54, 1.807) is 11.6 Å². The third-order valence-electron chi connectivity index (χ3n) is 6.71. The molecule has 1 aromatic heterocycles. The molecule has 0 spiro atoms. The summed E-state index contributed by atoms with van der Waals surface area (Å²) in [5, 5.41) is 18.3. The average molecular weight is 446 g/mol. The fraction of sp³-hybridized carbons (Fsp3) is 0.625. The molecule has 0 saturated heterocycles. The van der Waals surface area contributed by atoms with Gasteiger partial charge in [-0.05, 0) is 61.9 Å². The van der Waals surface area contributed by atoms with Gasteiger partial charge in [-0.25, -0.2) is 0 Å². The van der Waals surface area contributed by atoms with Gasteiger partial charge in [0.15, 0.2) is 8.32 Å². The number of carbonyl (C=O) groups is 1. The predicted molar refractivity (Wildman–Crippen MR) is 127 cm³/mol. The lowest BCUT2D eigenvalue weighted by Gasteiger charge is -2.36. The summed E-state index contributed by atoms with van der Waals surface area (Å²) < 4.78 is 8.31. The molecule has 2 unspecified atom stereocenters. The largest absolute Gasteiger partial charge is 0.481 e. The molecule has 1 N–H and O–H groups in total. The minimum atomic E-state index is -1.92. The van der Waals surface area contributed by atoms with Crippen molar-refractivity contribution in [3.63, 3.8) is 0 Å². The van der Waals surface area contributed by atoms with E-state index < -0.39 is 20.2 Å². The molecule has 0 amide bonds. The Labute approximate surface area is 188 Å². The Morgan fingerprint density at radius 2 is 1.97 bits per heavy atom. The molecular weight excluding hydrogens is 406 g/mol. The Morgan fingerprint density at radius 3 is 2.52 bits per heavy atom. The van der Waals surface area contributed by atoms with E-state index in [9.17, 15) is 9.90 Å². The van der Waals surface area contributed by atoms with Crippen LogP contribution < -0.4 is 0 Å². The molecule has 0 fully saturated rings. The maximum absolute atomic E-state index is 11.9. The van der Waals surface area contributed by atoms with E-state index in [1.165, 1.54) is 0 Å². The van der Waals surface area contributed by atoms with Gasteiger partial charge < -0.3 is 9.53 Å². The third kappa shape index (κ3) is 6.49. The summed E-state index contributed by atoms with van der Waals surface area (Å²) in [5.74, 6) is -1.41. The van der Waals surface area contributed by atoms with Gasteiger partial charge in [-0.3, -0.25) is 9.48 Å². The molecule has 2 atom stereocenters. The lowest BCUT2D eigenvalue weighted by molar-refractivity contribution is -0.142. The maximum Gasteiger partial charge on any atom is 0.306 e. The number of hydrogen-bond donors (Lipinski definition) is 1. The summed E-state index contributed by atoms with van der Waals surface area (Å²) in [6.07, 6.45) is 3.34. The molecule has 31 heavy (non-hydrogen) atoms. The molecule has 0 radical (unpaired) electrons. The van der Waals surface area contributed by atoms with Gasteiger partial charge in [0.25, 0.3) is 0 Å². The van der Waals surface area contributed by atoms with Gasteiger partial charge in [0.1, 0.15) is 0 Å². The first-order chi connectivity index (χ1) is 14.4. The summed E-state index contributed by atoms with van der Waals surface area (Å²) in [6, 6.07) is 6.31. The number of aryl methyl sites for hydroxylation is 3. The average Bonchev–Trinajstić information content (AvgIpc) is 3.14. The highest BCUT2D eigenvalue weighted by atomic mass is 28.4. The quantitative estimate of drug-likeness (QED) is 0.484. The number of aliphatic carboxylic acids is 1. The Hall–Kier alpha value is -1.99. The molecule has 0 aliphatic heterocycles. The molecule has 1 heterocycles. The van der Waals surface area contributed by atoms with E-state index in [2.05, 4.69) is 69.3 Å². The lowest BCUT2D eigenvalue weighted by atomic mass is 9.81. The molecule has 172 valence electrons.